The summed E-state index contributed by atoms with van der Waals surface area (Å²) in [6.07, 6.45) is -2.73. The zero-order valence-corrected chi connectivity index (χ0v) is 19.8. The first-order chi connectivity index (χ1) is 16.6. The highest BCUT2D eigenvalue weighted by Crippen LogP contribution is 2.15. The van der Waals surface area contributed by atoms with Gasteiger partial charge in [0.15, 0.2) is 12.2 Å². The van der Waals surface area contributed by atoms with Gasteiger partial charge in [-0.3, -0.25) is 24.0 Å². The molecule has 2 aromatic carbocycles. The number of aromatic nitrogens is 2. The van der Waals surface area contributed by atoms with Gasteiger partial charge in [0, 0.05) is 20.3 Å². The number of carbonyl (C=O) groups is 4. The van der Waals surface area contributed by atoms with Crippen molar-refractivity contribution in [3.05, 3.63) is 76.3 Å². The second kappa shape index (κ2) is 10.7. The Hall–Kier alpha value is -4.34. The van der Waals surface area contributed by atoms with Crippen LogP contribution in [0, 0.1) is 0 Å². The van der Waals surface area contributed by atoms with Crippen LogP contribution in [0.3, 0.4) is 0 Å². The predicted molar refractivity (Wildman–Crippen MR) is 126 cm³/mol. The number of rotatable bonds is 7. The molecule has 0 radical (unpaired) electrons. The molecule has 0 aliphatic rings. The summed E-state index contributed by atoms with van der Waals surface area (Å²) in [5.74, 6) is -3.42. The van der Waals surface area contributed by atoms with Crippen molar-refractivity contribution in [1.82, 2.24) is 9.66 Å². The third kappa shape index (κ3) is 5.78. The van der Waals surface area contributed by atoms with E-state index in [1.165, 1.54) is 19.9 Å². The van der Waals surface area contributed by atoms with Gasteiger partial charge in [-0.25, -0.2) is 4.98 Å². The summed E-state index contributed by atoms with van der Waals surface area (Å²) in [7, 11) is 0. The van der Waals surface area contributed by atoms with Gasteiger partial charge >= 0.3 is 11.9 Å². The van der Waals surface area contributed by atoms with E-state index in [1.54, 1.807) is 30.3 Å². The van der Waals surface area contributed by atoms with Crippen LogP contribution in [-0.4, -0.2) is 45.6 Å². The minimum absolute atomic E-state index is 0.0895. The zero-order valence-electron chi connectivity index (χ0n) is 19.8. The molecule has 0 spiro atoms. The fourth-order valence-electron chi connectivity index (χ4n) is 3.52. The summed E-state index contributed by atoms with van der Waals surface area (Å²) in [5.41, 5.74) is 0.457. The SMILES string of the molecule is CC(=O)O[C@@H](C)C(=O)N(C(=O)[C@H](C)OC(C)=O)n1c(Cc2ccccc2)nc2ccccc2c1=O. The van der Waals surface area contributed by atoms with Crippen molar-refractivity contribution in [3.8, 4) is 0 Å². The van der Waals surface area contributed by atoms with Gasteiger partial charge in [-0.05, 0) is 31.5 Å². The summed E-state index contributed by atoms with van der Waals surface area (Å²) < 4.78 is 10.8. The van der Waals surface area contributed by atoms with Crippen LogP contribution in [0.25, 0.3) is 10.9 Å². The van der Waals surface area contributed by atoms with E-state index in [4.69, 9.17) is 9.47 Å². The lowest BCUT2D eigenvalue weighted by Gasteiger charge is -2.29. The zero-order chi connectivity index (χ0) is 25.7. The first-order valence-corrected chi connectivity index (χ1v) is 10.9. The maximum absolute atomic E-state index is 13.6. The minimum atomic E-state index is -1.41. The number of carbonyl (C=O) groups excluding carboxylic acids is 4. The number of nitrogens with zero attached hydrogens (tertiary/aromatic N) is 3. The first kappa shape index (κ1) is 25.3. The molecule has 3 aromatic rings. The molecule has 0 aliphatic carbocycles. The van der Waals surface area contributed by atoms with E-state index >= 15 is 0 Å². The number of benzene rings is 2. The average Bonchev–Trinajstić information content (AvgIpc) is 2.80. The van der Waals surface area contributed by atoms with Crippen LogP contribution in [-0.2, 0) is 35.1 Å². The molecule has 0 saturated heterocycles. The molecule has 0 aliphatic heterocycles. The van der Waals surface area contributed by atoms with Crippen molar-refractivity contribution < 1.29 is 28.7 Å². The van der Waals surface area contributed by atoms with E-state index < -0.39 is 41.5 Å². The Morgan fingerprint density at radius 2 is 1.37 bits per heavy atom. The van der Waals surface area contributed by atoms with Crippen molar-refractivity contribution in [2.24, 2.45) is 0 Å². The molecule has 0 unspecified atom stereocenters. The van der Waals surface area contributed by atoms with Crippen molar-refractivity contribution in [2.75, 3.05) is 5.01 Å². The molecular formula is C25H25N3O7. The molecular weight excluding hydrogens is 454 g/mol. The van der Waals surface area contributed by atoms with Crippen LogP contribution >= 0.6 is 0 Å². The van der Waals surface area contributed by atoms with Gasteiger partial charge < -0.3 is 9.47 Å². The van der Waals surface area contributed by atoms with Gasteiger partial charge in [0.25, 0.3) is 17.4 Å². The Bertz CT molecular complexity index is 1300. The second-order valence-corrected chi connectivity index (χ2v) is 7.82. The van der Waals surface area contributed by atoms with Crippen molar-refractivity contribution >= 4 is 34.7 Å². The van der Waals surface area contributed by atoms with Gasteiger partial charge in [0.2, 0.25) is 0 Å². The Balaban J connectivity index is 2.26. The average molecular weight is 479 g/mol. The van der Waals surface area contributed by atoms with E-state index in [0.29, 0.717) is 10.5 Å². The van der Waals surface area contributed by atoms with E-state index in [0.717, 1.165) is 24.1 Å². The number of fused-ring (bicyclic) bond motifs is 1. The quantitative estimate of drug-likeness (QED) is 0.471. The molecule has 0 bridgehead atoms. The molecule has 1 heterocycles. The fraction of sp³-hybridized carbons (Fsp3) is 0.280. The van der Waals surface area contributed by atoms with Crippen molar-refractivity contribution in [2.45, 2.75) is 46.3 Å². The number of imide groups is 1. The van der Waals surface area contributed by atoms with Crippen LogP contribution < -0.4 is 10.6 Å². The van der Waals surface area contributed by atoms with Crippen molar-refractivity contribution in [1.29, 1.82) is 0 Å². The standard InChI is InChI=1S/C25H25N3O7/c1-15(34-17(3)29)23(31)28(24(32)16(2)35-18(4)30)27-22(14-19-10-6-5-7-11-19)26-21-13-9-8-12-20(21)25(27)33/h5-13,15-16H,14H2,1-4H3/t15-,16-/m0/s1. The number of esters is 2. The summed E-state index contributed by atoms with van der Waals surface area (Å²) in [5, 5.41) is 0.705. The van der Waals surface area contributed by atoms with Crippen LogP contribution in [0.15, 0.2) is 59.4 Å². The molecule has 0 fully saturated rings. The smallest absolute Gasteiger partial charge is 0.303 e. The van der Waals surface area contributed by atoms with Gasteiger partial charge in [-0.2, -0.15) is 9.69 Å². The molecule has 2 amide bonds. The topological polar surface area (TPSA) is 125 Å². The highest BCUT2D eigenvalue weighted by molar-refractivity contribution is 6.12. The molecule has 35 heavy (non-hydrogen) atoms. The van der Waals surface area contributed by atoms with Gasteiger partial charge in [0.05, 0.1) is 10.9 Å². The number of para-hydroxylation sites is 1. The predicted octanol–water partition coefficient (Wildman–Crippen LogP) is 1.88. The molecule has 182 valence electrons. The third-order valence-corrected chi connectivity index (χ3v) is 5.02. The third-order valence-electron chi connectivity index (χ3n) is 5.02. The largest absolute Gasteiger partial charge is 0.453 e. The number of ether oxygens (including phenoxy) is 2. The van der Waals surface area contributed by atoms with E-state index in [-0.39, 0.29) is 17.6 Å². The molecule has 10 nitrogen and oxygen atoms in total. The Kier molecular flexibility index (Phi) is 7.75. The van der Waals surface area contributed by atoms with Crippen LogP contribution in [0.4, 0.5) is 0 Å². The lowest BCUT2D eigenvalue weighted by atomic mass is 10.1. The maximum atomic E-state index is 13.6. The molecule has 0 N–H and O–H groups in total. The lowest BCUT2D eigenvalue weighted by molar-refractivity contribution is -0.156. The van der Waals surface area contributed by atoms with Crippen LogP contribution in [0.5, 0.6) is 0 Å². The summed E-state index contributed by atoms with van der Waals surface area (Å²) >= 11 is 0. The van der Waals surface area contributed by atoms with Gasteiger partial charge in [-0.1, -0.05) is 42.5 Å². The summed E-state index contributed by atoms with van der Waals surface area (Å²) in [6, 6.07) is 15.6. The molecule has 2 atom stereocenters. The van der Waals surface area contributed by atoms with Gasteiger partial charge in [0.1, 0.15) is 5.82 Å². The van der Waals surface area contributed by atoms with Gasteiger partial charge in [-0.15, -0.1) is 0 Å². The number of hydrogen-bond acceptors (Lipinski definition) is 8. The first-order valence-electron chi connectivity index (χ1n) is 10.9. The fourth-order valence-corrected chi connectivity index (χ4v) is 3.52. The number of amides is 2. The van der Waals surface area contributed by atoms with E-state index in [9.17, 15) is 24.0 Å². The second-order valence-electron chi connectivity index (χ2n) is 7.82. The van der Waals surface area contributed by atoms with Crippen molar-refractivity contribution in [3.63, 3.8) is 0 Å². The molecule has 0 saturated carbocycles. The Morgan fingerprint density at radius 3 is 1.91 bits per heavy atom. The van der Waals surface area contributed by atoms with E-state index in [1.807, 2.05) is 18.2 Å². The summed E-state index contributed by atoms with van der Waals surface area (Å²) in [6.45, 7) is 4.78. The highest BCUT2D eigenvalue weighted by atomic mass is 16.6. The van der Waals surface area contributed by atoms with E-state index in [2.05, 4.69) is 4.98 Å². The molecule has 10 heteroatoms. The highest BCUT2D eigenvalue weighted by Gasteiger charge is 2.36. The number of hydrogen-bond donors (Lipinski definition) is 0. The van der Waals surface area contributed by atoms with Crippen LogP contribution in [0.1, 0.15) is 39.1 Å². The Morgan fingerprint density at radius 1 is 0.857 bits per heavy atom. The minimum Gasteiger partial charge on any atom is -0.453 e. The van der Waals surface area contributed by atoms with Crippen LogP contribution in [0.2, 0.25) is 0 Å². The Labute approximate surface area is 201 Å². The normalized spacial score (nSPS) is 12.5. The maximum Gasteiger partial charge on any atom is 0.303 e. The monoisotopic (exact) mass is 479 g/mol. The molecule has 3 rings (SSSR count). The molecule has 1 aromatic heterocycles. The lowest BCUT2D eigenvalue weighted by Crippen LogP contribution is -2.58. The summed E-state index contributed by atoms with van der Waals surface area (Å²) in [4.78, 5) is 68.0.